The summed E-state index contributed by atoms with van der Waals surface area (Å²) in [5.74, 6) is -3.05. The van der Waals surface area contributed by atoms with Crippen molar-refractivity contribution < 1.29 is 11.8 Å². The van der Waals surface area contributed by atoms with Crippen LogP contribution >= 0.6 is 23.0 Å². The van der Waals surface area contributed by atoms with Crippen molar-refractivity contribution >= 4 is 23.0 Å². The Labute approximate surface area is 71.8 Å². The van der Waals surface area contributed by atoms with Gasteiger partial charge in [-0.15, -0.1) is 0 Å². The van der Waals surface area contributed by atoms with Gasteiger partial charge in [-0.1, -0.05) is 0 Å². The molecule has 0 aromatic carbocycles. The van der Waals surface area contributed by atoms with Gasteiger partial charge in [-0.3, -0.25) is 0 Å². The van der Waals surface area contributed by atoms with Gasteiger partial charge in [0.25, 0.3) is 5.92 Å². The lowest BCUT2D eigenvalue weighted by Crippen LogP contribution is -2.11. The van der Waals surface area contributed by atoms with E-state index in [0.29, 0.717) is 12.8 Å². The number of hydrogen-bond acceptors (Lipinski definition) is 1. The van der Waals surface area contributed by atoms with Gasteiger partial charge in [0.15, 0.2) is 0 Å². The van der Waals surface area contributed by atoms with Crippen LogP contribution < -0.4 is 0 Å². The van der Waals surface area contributed by atoms with Crippen LogP contribution in [0.4, 0.5) is 8.78 Å². The molecule has 0 saturated heterocycles. The van der Waals surface area contributed by atoms with Gasteiger partial charge in [-0.05, 0) is 12.8 Å². The second kappa shape index (κ2) is 2.03. The van der Waals surface area contributed by atoms with E-state index in [1.165, 1.54) is 0 Å². The lowest BCUT2D eigenvalue weighted by atomic mass is 10.2. The number of rotatable bonds is 1. The molecule has 2 atom stereocenters. The summed E-state index contributed by atoms with van der Waals surface area (Å²) in [6, 6.07) is 0. The molecule has 2 fully saturated rings. The Morgan fingerprint density at radius 3 is 2.20 bits per heavy atom. The molecule has 0 radical (unpaired) electrons. The standard InChI is InChI=1S/C6H7F2IO/c7-6(8)4-1-3(10-9)2-5(4)6/h3-5H,1-2H2. The molecule has 2 aliphatic carbocycles. The molecule has 0 N–H and O–H groups in total. The number of alkyl halides is 2. The van der Waals surface area contributed by atoms with Crippen LogP contribution in [0.1, 0.15) is 12.8 Å². The van der Waals surface area contributed by atoms with E-state index in [4.69, 9.17) is 3.07 Å². The summed E-state index contributed by atoms with van der Waals surface area (Å²) in [4.78, 5) is 0. The number of fused-ring (bicyclic) bond motifs is 1. The summed E-state index contributed by atoms with van der Waals surface area (Å²) in [5.41, 5.74) is 0. The van der Waals surface area contributed by atoms with Crippen molar-refractivity contribution in [1.29, 1.82) is 0 Å². The molecule has 2 saturated carbocycles. The normalized spacial score (nSPS) is 48.9. The molecule has 0 heterocycles. The van der Waals surface area contributed by atoms with Gasteiger partial charge >= 0.3 is 0 Å². The highest BCUT2D eigenvalue weighted by Crippen LogP contribution is 2.64. The molecule has 1 nitrogen and oxygen atoms in total. The van der Waals surface area contributed by atoms with Crippen molar-refractivity contribution in [3.8, 4) is 0 Å². The summed E-state index contributed by atoms with van der Waals surface area (Å²) in [6.07, 6.45) is 1.21. The Morgan fingerprint density at radius 2 is 1.80 bits per heavy atom. The zero-order valence-electron chi connectivity index (χ0n) is 5.19. The van der Waals surface area contributed by atoms with Crippen molar-refractivity contribution in [2.75, 3.05) is 0 Å². The molecule has 0 bridgehead atoms. The lowest BCUT2D eigenvalue weighted by Gasteiger charge is -2.09. The smallest absolute Gasteiger partial charge is 0.254 e. The van der Waals surface area contributed by atoms with Crippen LogP contribution in [0.3, 0.4) is 0 Å². The van der Waals surface area contributed by atoms with E-state index in [2.05, 4.69) is 0 Å². The zero-order valence-corrected chi connectivity index (χ0v) is 7.35. The van der Waals surface area contributed by atoms with Gasteiger partial charge in [0.2, 0.25) is 0 Å². The highest BCUT2D eigenvalue weighted by molar-refractivity contribution is 14.1. The summed E-state index contributed by atoms with van der Waals surface area (Å²) < 4.78 is 29.9. The molecule has 0 aromatic rings. The summed E-state index contributed by atoms with van der Waals surface area (Å²) >= 11 is 1.79. The van der Waals surface area contributed by atoms with Crippen LogP contribution in [0, 0.1) is 11.8 Å². The Kier molecular flexibility index (Phi) is 1.46. The third-order valence-electron chi connectivity index (χ3n) is 2.52. The minimum Gasteiger partial charge on any atom is -0.312 e. The van der Waals surface area contributed by atoms with E-state index in [9.17, 15) is 8.78 Å². The van der Waals surface area contributed by atoms with E-state index >= 15 is 0 Å². The molecule has 4 heteroatoms. The van der Waals surface area contributed by atoms with Crippen molar-refractivity contribution in [3.05, 3.63) is 0 Å². The van der Waals surface area contributed by atoms with Gasteiger partial charge in [0.05, 0.1) is 6.10 Å². The average molecular weight is 260 g/mol. The maximum Gasteiger partial charge on any atom is 0.254 e. The maximum atomic E-state index is 12.5. The second-order valence-corrected chi connectivity index (χ2v) is 3.58. The maximum absolute atomic E-state index is 12.5. The third kappa shape index (κ3) is 0.809. The van der Waals surface area contributed by atoms with Crippen LogP contribution in [-0.4, -0.2) is 12.0 Å². The molecule has 0 aromatic heterocycles. The molecule has 2 rings (SSSR count). The van der Waals surface area contributed by atoms with Gasteiger partial charge < -0.3 is 3.07 Å². The van der Waals surface area contributed by atoms with Crippen molar-refractivity contribution in [1.82, 2.24) is 0 Å². The minimum absolute atomic E-state index is 0.0928. The Morgan fingerprint density at radius 1 is 1.30 bits per heavy atom. The first-order valence-corrected chi connectivity index (χ1v) is 4.19. The van der Waals surface area contributed by atoms with Crippen LogP contribution in [0.5, 0.6) is 0 Å². The molecule has 0 amide bonds. The van der Waals surface area contributed by atoms with Crippen molar-refractivity contribution in [2.45, 2.75) is 24.9 Å². The molecule has 0 spiro atoms. The van der Waals surface area contributed by atoms with Crippen LogP contribution in [0.2, 0.25) is 0 Å². The first-order chi connectivity index (χ1) is 4.66. The summed E-state index contributed by atoms with van der Waals surface area (Å²) in [7, 11) is 0. The lowest BCUT2D eigenvalue weighted by molar-refractivity contribution is 0.0548. The quantitative estimate of drug-likeness (QED) is 0.658. The first-order valence-electron chi connectivity index (χ1n) is 3.31. The van der Waals surface area contributed by atoms with E-state index in [1.54, 1.807) is 23.0 Å². The van der Waals surface area contributed by atoms with E-state index < -0.39 is 5.92 Å². The Balaban J connectivity index is 1.96. The minimum atomic E-state index is -2.34. The predicted molar refractivity (Wildman–Crippen MR) is 40.1 cm³/mol. The van der Waals surface area contributed by atoms with Gasteiger partial charge in [-0.2, -0.15) is 0 Å². The fourth-order valence-corrected chi connectivity index (χ4v) is 2.25. The average Bonchev–Trinajstić information content (AvgIpc) is 2.37. The molecular weight excluding hydrogens is 253 g/mol. The topological polar surface area (TPSA) is 9.23 Å². The van der Waals surface area contributed by atoms with Crippen LogP contribution in [0.15, 0.2) is 0 Å². The van der Waals surface area contributed by atoms with Gasteiger partial charge in [-0.25, -0.2) is 8.78 Å². The van der Waals surface area contributed by atoms with Crippen molar-refractivity contribution in [3.63, 3.8) is 0 Å². The largest absolute Gasteiger partial charge is 0.312 e. The monoisotopic (exact) mass is 260 g/mol. The molecule has 58 valence electrons. The number of hydrogen-bond donors (Lipinski definition) is 0. The molecule has 2 unspecified atom stereocenters. The summed E-state index contributed by atoms with van der Waals surface area (Å²) in [5, 5.41) is 0. The Bertz CT molecular complexity index is 148. The zero-order chi connectivity index (χ0) is 7.35. The highest BCUT2D eigenvalue weighted by Gasteiger charge is 2.71. The Hall–Kier alpha value is 0.550. The molecule has 0 aliphatic heterocycles. The van der Waals surface area contributed by atoms with Crippen LogP contribution in [-0.2, 0) is 3.07 Å². The van der Waals surface area contributed by atoms with E-state index in [0.717, 1.165) is 0 Å². The van der Waals surface area contributed by atoms with E-state index in [1.807, 2.05) is 0 Å². The molecular formula is C6H7F2IO. The second-order valence-electron chi connectivity index (χ2n) is 3.07. The fourth-order valence-electron chi connectivity index (χ4n) is 1.84. The van der Waals surface area contributed by atoms with Gasteiger partial charge in [0, 0.05) is 11.8 Å². The fraction of sp³-hybridized carbons (Fsp3) is 1.00. The number of halogens is 3. The third-order valence-corrected chi connectivity index (χ3v) is 3.24. The van der Waals surface area contributed by atoms with Gasteiger partial charge in [0.1, 0.15) is 23.0 Å². The predicted octanol–water partition coefficient (Wildman–Crippen LogP) is 2.40. The van der Waals surface area contributed by atoms with E-state index in [-0.39, 0.29) is 17.9 Å². The summed E-state index contributed by atoms with van der Waals surface area (Å²) in [6.45, 7) is 0. The SMILES string of the molecule is FC1(F)C2CC(OI)CC21. The van der Waals surface area contributed by atoms with Crippen molar-refractivity contribution in [2.24, 2.45) is 11.8 Å². The first kappa shape index (κ1) is 7.21. The van der Waals surface area contributed by atoms with Crippen LogP contribution in [0.25, 0.3) is 0 Å². The molecule has 10 heavy (non-hydrogen) atoms. The molecule has 2 aliphatic rings. The highest BCUT2D eigenvalue weighted by atomic mass is 127.